The van der Waals surface area contributed by atoms with Crippen molar-refractivity contribution in [2.24, 2.45) is 5.92 Å². The lowest BCUT2D eigenvalue weighted by atomic mass is 9.99. The van der Waals surface area contributed by atoms with Crippen molar-refractivity contribution in [2.45, 2.75) is 6.54 Å². The van der Waals surface area contributed by atoms with Crippen LogP contribution in [0.15, 0.2) is 30.6 Å². The number of halogens is 3. The Hall–Kier alpha value is -1.59. The van der Waals surface area contributed by atoms with Gasteiger partial charge in [-0.1, -0.05) is 23.2 Å². The maximum Gasteiger partial charge on any atom is 0.254 e. The van der Waals surface area contributed by atoms with Crippen molar-refractivity contribution in [3.8, 4) is 0 Å². The lowest BCUT2D eigenvalue weighted by molar-refractivity contribution is 0.0461. The summed E-state index contributed by atoms with van der Waals surface area (Å²) < 4.78 is 15.0. The predicted octanol–water partition coefficient (Wildman–Crippen LogP) is 3.10. The van der Waals surface area contributed by atoms with Gasteiger partial charge in [-0.05, 0) is 18.2 Å². The molecule has 1 aromatic heterocycles. The van der Waals surface area contributed by atoms with Crippen LogP contribution in [0, 0.1) is 11.7 Å². The Balaban J connectivity index is 1.59. The fourth-order valence-electron chi connectivity index (χ4n) is 2.41. The Morgan fingerprint density at radius 3 is 2.67 bits per heavy atom. The van der Waals surface area contributed by atoms with Crippen LogP contribution in [-0.4, -0.2) is 33.7 Å². The van der Waals surface area contributed by atoms with Crippen LogP contribution >= 0.6 is 23.2 Å². The second-order valence-electron chi connectivity index (χ2n) is 5.11. The van der Waals surface area contributed by atoms with E-state index in [1.165, 1.54) is 18.2 Å². The summed E-state index contributed by atoms with van der Waals surface area (Å²) >= 11 is 11.6. The molecule has 0 unspecified atom stereocenters. The average Bonchev–Trinajstić information content (AvgIpc) is 2.77. The van der Waals surface area contributed by atoms with Crippen LogP contribution in [0.4, 0.5) is 4.39 Å². The van der Waals surface area contributed by atoms with Gasteiger partial charge < -0.3 is 4.90 Å². The lowest BCUT2D eigenvalue weighted by Crippen LogP contribution is -2.51. The molecule has 1 saturated heterocycles. The highest BCUT2D eigenvalue weighted by molar-refractivity contribution is 6.31. The molecule has 1 aromatic carbocycles. The van der Waals surface area contributed by atoms with Crippen molar-refractivity contribution in [1.82, 2.24) is 14.7 Å². The molecule has 0 saturated carbocycles. The van der Waals surface area contributed by atoms with Crippen LogP contribution in [-0.2, 0) is 6.54 Å². The molecule has 0 bridgehead atoms. The van der Waals surface area contributed by atoms with E-state index in [4.69, 9.17) is 23.2 Å². The molecule has 0 N–H and O–H groups in total. The van der Waals surface area contributed by atoms with E-state index in [1.807, 2.05) is 0 Å². The molecular weight excluding hydrogens is 316 g/mol. The molecule has 1 fully saturated rings. The summed E-state index contributed by atoms with van der Waals surface area (Å²) in [6.45, 7) is 1.94. The Morgan fingerprint density at radius 2 is 2.05 bits per heavy atom. The summed E-state index contributed by atoms with van der Waals surface area (Å²) in [6.07, 6.45) is 3.33. The van der Waals surface area contributed by atoms with Gasteiger partial charge in [0, 0.05) is 42.3 Å². The number of hydrogen-bond donors (Lipinski definition) is 0. The Kier molecular flexibility index (Phi) is 3.87. The van der Waals surface area contributed by atoms with Crippen molar-refractivity contribution in [3.05, 3.63) is 52.0 Å². The van der Waals surface area contributed by atoms with Gasteiger partial charge in [0.05, 0.1) is 11.2 Å². The second-order valence-corrected chi connectivity index (χ2v) is 5.99. The van der Waals surface area contributed by atoms with Crippen molar-refractivity contribution in [2.75, 3.05) is 13.1 Å². The Labute approximate surface area is 131 Å². The van der Waals surface area contributed by atoms with E-state index in [-0.39, 0.29) is 16.5 Å². The molecule has 1 aliphatic rings. The first kappa shape index (κ1) is 14.4. The van der Waals surface area contributed by atoms with Crippen molar-refractivity contribution in [1.29, 1.82) is 0 Å². The third-order valence-corrected chi connectivity index (χ3v) is 3.81. The molecule has 3 rings (SSSR count). The summed E-state index contributed by atoms with van der Waals surface area (Å²) in [5.74, 6) is -0.380. The van der Waals surface area contributed by atoms with Crippen LogP contribution in [0.5, 0.6) is 0 Å². The molecule has 0 atom stereocenters. The summed E-state index contributed by atoms with van der Waals surface area (Å²) in [7, 11) is 0. The molecule has 1 amide bonds. The first-order valence-electron chi connectivity index (χ1n) is 6.44. The highest BCUT2D eigenvalue weighted by atomic mass is 35.5. The molecule has 2 heterocycles. The van der Waals surface area contributed by atoms with E-state index >= 15 is 0 Å². The predicted molar refractivity (Wildman–Crippen MR) is 78.0 cm³/mol. The zero-order valence-corrected chi connectivity index (χ0v) is 12.5. The number of likely N-dealkylation sites (tertiary alicyclic amines) is 1. The smallest absolute Gasteiger partial charge is 0.254 e. The summed E-state index contributed by atoms with van der Waals surface area (Å²) in [5, 5.41) is 4.92. The molecule has 0 spiro atoms. The van der Waals surface area contributed by atoms with E-state index < -0.39 is 5.82 Å². The maximum atomic E-state index is 13.3. The van der Waals surface area contributed by atoms with Gasteiger partial charge in [-0.15, -0.1) is 0 Å². The molecule has 4 nitrogen and oxygen atoms in total. The minimum absolute atomic E-state index is 0.203. The maximum absolute atomic E-state index is 13.3. The number of carbonyl (C=O) groups excluding carboxylic acids is 1. The third-order valence-electron chi connectivity index (χ3n) is 3.40. The van der Waals surface area contributed by atoms with Gasteiger partial charge in [0.1, 0.15) is 5.82 Å². The van der Waals surface area contributed by atoms with Gasteiger partial charge in [-0.25, -0.2) is 4.39 Å². The molecule has 7 heteroatoms. The largest absolute Gasteiger partial charge is 0.338 e. The molecule has 1 aliphatic heterocycles. The van der Waals surface area contributed by atoms with E-state index in [2.05, 4.69) is 5.10 Å². The molecule has 110 valence electrons. The van der Waals surface area contributed by atoms with Crippen molar-refractivity contribution < 1.29 is 9.18 Å². The standard InChI is InChI=1S/C14H12Cl2FN3O/c15-11-1-10(2-13(17)3-11)14(21)19-5-9(6-19)7-20-8-12(16)4-18-20/h1-4,8-9H,5-7H2. The van der Waals surface area contributed by atoms with Crippen LogP contribution in [0.3, 0.4) is 0 Å². The highest BCUT2D eigenvalue weighted by Gasteiger charge is 2.31. The van der Waals surface area contributed by atoms with Crippen LogP contribution in [0.2, 0.25) is 10.0 Å². The molecule has 2 aromatic rings. The first-order valence-corrected chi connectivity index (χ1v) is 7.20. The Bertz CT molecular complexity index is 662. The number of nitrogens with zero attached hydrogens (tertiary/aromatic N) is 3. The second kappa shape index (κ2) is 5.66. The van der Waals surface area contributed by atoms with Crippen LogP contribution in [0.1, 0.15) is 10.4 Å². The zero-order chi connectivity index (χ0) is 15.0. The van der Waals surface area contributed by atoms with Crippen molar-refractivity contribution >= 4 is 29.1 Å². The minimum atomic E-state index is -0.505. The average molecular weight is 328 g/mol. The topological polar surface area (TPSA) is 38.1 Å². The highest BCUT2D eigenvalue weighted by Crippen LogP contribution is 2.22. The van der Waals surface area contributed by atoms with E-state index in [0.29, 0.717) is 30.6 Å². The monoisotopic (exact) mass is 327 g/mol. The van der Waals surface area contributed by atoms with Crippen LogP contribution in [0.25, 0.3) is 0 Å². The van der Waals surface area contributed by atoms with Gasteiger partial charge in [0.15, 0.2) is 0 Å². The van der Waals surface area contributed by atoms with E-state index in [9.17, 15) is 9.18 Å². The molecule has 0 radical (unpaired) electrons. The van der Waals surface area contributed by atoms with Gasteiger partial charge >= 0.3 is 0 Å². The molecule has 0 aliphatic carbocycles. The summed E-state index contributed by atoms with van der Waals surface area (Å²) in [4.78, 5) is 13.9. The van der Waals surface area contributed by atoms with Crippen molar-refractivity contribution in [3.63, 3.8) is 0 Å². The van der Waals surface area contributed by atoms with Crippen LogP contribution < -0.4 is 0 Å². The normalized spacial score (nSPS) is 15.1. The number of amides is 1. The van der Waals surface area contributed by atoms with E-state index in [0.717, 1.165) is 0 Å². The quantitative estimate of drug-likeness (QED) is 0.868. The summed E-state index contributed by atoms with van der Waals surface area (Å²) in [6, 6.07) is 3.86. The minimum Gasteiger partial charge on any atom is -0.338 e. The van der Waals surface area contributed by atoms with Gasteiger partial charge in [0.2, 0.25) is 0 Å². The van der Waals surface area contributed by atoms with Gasteiger partial charge in [0.25, 0.3) is 5.91 Å². The SMILES string of the molecule is O=C(c1cc(F)cc(Cl)c1)N1CC(Cn2cc(Cl)cn2)C1. The zero-order valence-electron chi connectivity index (χ0n) is 11.0. The number of carbonyl (C=O) groups is 1. The number of rotatable bonds is 3. The molecule has 21 heavy (non-hydrogen) atoms. The number of aromatic nitrogens is 2. The fraction of sp³-hybridized carbons (Fsp3) is 0.286. The first-order chi connectivity index (χ1) is 10.0. The molecular formula is C14H12Cl2FN3O. The summed E-state index contributed by atoms with van der Waals surface area (Å²) in [5.41, 5.74) is 0.278. The number of benzene rings is 1. The van der Waals surface area contributed by atoms with E-state index in [1.54, 1.807) is 22.0 Å². The fourth-order valence-corrected chi connectivity index (χ4v) is 2.79. The lowest BCUT2D eigenvalue weighted by Gasteiger charge is -2.39. The Morgan fingerprint density at radius 1 is 1.29 bits per heavy atom. The third kappa shape index (κ3) is 3.19. The van der Waals surface area contributed by atoms with Gasteiger partial charge in [-0.2, -0.15) is 5.10 Å². The number of hydrogen-bond acceptors (Lipinski definition) is 2. The van der Waals surface area contributed by atoms with Gasteiger partial charge in [-0.3, -0.25) is 9.48 Å².